The van der Waals surface area contributed by atoms with Gasteiger partial charge in [0.1, 0.15) is 0 Å². The number of H-pyrrole nitrogens is 1. The molecule has 2 aliphatic heterocycles. The number of hydrogen-bond donors (Lipinski definition) is 1. The summed E-state index contributed by atoms with van der Waals surface area (Å²) >= 11 is 6.40. The lowest BCUT2D eigenvalue weighted by molar-refractivity contribution is -0.0289. The van der Waals surface area contributed by atoms with Crippen LogP contribution in [0.25, 0.3) is 17.5 Å². The van der Waals surface area contributed by atoms with Crippen molar-refractivity contribution in [1.82, 2.24) is 19.6 Å². The van der Waals surface area contributed by atoms with Crippen LogP contribution in [0, 0.1) is 0 Å². The fourth-order valence-corrected chi connectivity index (χ4v) is 4.78. The largest absolute Gasteiger partial charge is 0.374 e. The number of para-hydroxylation sites is 1. The van der Waals surface area contributed by atoms with Gasteiger partial charge in [-0.3, -0.25) is 9.89 Å². The average molecular weight is 481 g/mol. The topological polar surface area (TPSA) is 62.7 Å². The normalized spacial score (nSPS) is 18.6. The monoisotopic (exact) mass is 480 g/mol. The first-order valence-electron chi connectivity index (χ1n) is 11.6. The van der Waals surface area contributed by atoms with Crippen LogP contribution in [-0.4, -0.2) is 72.1 Å². The van der Waals surface area contributed by atoms with Crippen molar-refractivity contribution in [1.29, 1.82) is 0 Å². The number of rotatable bonds is 7. The van der Waals surface area contributed by atoms with Crippen molar-refractivity contribution in [2.75, 3.05) is 46.4 Å². The number of ether oxygens (including phenoxy) is 2. The van der Waals surface area contributed by atoms with Crippen molar-refractivity contribution < 1.29 is 9.47 Å². The summed E-state index contributed by atoms with van der Waals surface area (Å²) in [5, 5.41) is 5.19. The van der Waals surface area contributed by atoms with E-state index in [-0.39, 0.29) is 11.7 Å². The van der Waals surface area contributed by atoms with Crippen LogP contribution in [-0.2, 0) is 16.1 Å². The lowest BCUT2D eigenvalue weighted by Gasteiger charge is -2.36. The minimum Gasteiger partial charge on any atom is -0.374 e. The summed E-state index contributed by atoms with van der Waals surface area (Å²) in [5.41, 5.74) is 2.46. The average Bonchev–Trinajstić information content (AvgIpc) is 3.17. The Morgan fingerprint density at radius 2 is 1.91 bits per heavy atom. The number of morpholine rings is 1. The smallest absolute Gasteiger partial charge is 0.281 e. The van der Waals surface area contributed by atoms with Gasteiger partial charge in [0.2, 0.25) is 0 Å². The van der Waals surface area contributed by atoms with Crippen molar-refractivity contribution in [2.24, 2.45) is 0 Å². The van der Waals surface area contributed by atoms with Gasteiger partial charge >= 0.3 is 0 Å². The molecule has 1 fully saturated rings. The zero-order valence-electron chi connectivity index (χ0n) is 19.2. The molecule has 0 saturated carbocycles. The molecule has 178 valence electrons. The molecule has 1 saturated heterocycles. The number of likely N-dealkylation sites (N-methyl/N-ethyl adjacent to an activating group) is 1. The summed E-state index contributed by atoms with van der Waals surface area (Å²) in [7, 11) is 2.11. The number of hydrogen-bond acceptors (Lipinski definition) is 5. The van der Waals surface area contributed by atoms with Crippen LogP contribution in [0.15, 0.2) is 59.4 Å². The van der Waals surface area contributed by atoms with Crippen LogP contribution in [0.3, 0.4) is 0 Å². The van der Waals surface area contributed by atoms with Crippen molar-refractivity contribution in [3.8, 4) is 5.69 Å². The Labute approximate surface area is 203 Å². The van der Waals surface area contributed by atoms with E-state index < -0.39 is 0 Å². The highest BCUT2D eigenvalue weighted by Gasteiger charge is 2.25. The molecule has 5 rings (SSSR count). The van der Waals surface area contributed by atoms with Gasteiger partial charge in [0, 0.05) is 26.2 Å². The van der Waals surface area contributed by atoms with Gasteiger partial charge in [0.25, 0.3) is 5.56 Å². The van der Waals surface area contributed by atoms with Gasteiger partial charge in [-0.25, -0.2) is 4.68 Å². The summed E-state index contributed by atoms with van der Waals surface area (Å²) in [5.74, 6) is 0. The van der Waals surface area contributed by atoms with E-state index in [4.69, 9.17) is 21.1 Å². The molecule has 8 heteroatoms. The number of benzene rings is 2. The van der Waals surface area contributed by atoms with Crippen molar-refractivity contribution >= 4 is 23.4 Å². The Kier molecular flexibility index (Phi) is 6.87. The molecule has 0 bridgehead atoms. The molecule has 0 amide bonds. The molecule has 34 heavy (non-hydrogen) atoms. The maximum Gasteiger partial charge on any atom is 0.281 e. The molecule has 7 nitrogen and oxygen atoms in total. The summed E-state index contributed by atoms with van der Waals surface area (Å²) < 4.78 is 13.7. The zero-order valence-corrected chi connectivity index (χ0v) is 20.0. The highest BCUT2D eigenvalue weighted by atomic mass is 35.5. The van der Waals surface area contributed by atoms with E-state index in [1.807, 2.05) is 48.5 Å². The second kappa shape index (κ2) is 10.2. The molecule has 3 heterocycles. The fourth-order valence-electron chi connectivity index (χ4n) is 4.56. The Hall–Kier alpha value is -2.84. The van der Waals surface area contributed by atoms with Crippen molar-refractivity contribution in [3.63, 3.8) is 0 Å². The maximum absolute atomic E-state index is 13.6. The van der Waals surface area contributed by atoms with Crippen LogP contribution in [0.2, 0.25) is 5.02 Å². The van der Waals surface area contributed by atoms with Gasteiger partial charge < -0.3 is 19.3 Å². The second-order valence-electron chi connectivity index (χ2n) is 8.78. The van der Waals surface area contributed by atoms with Gasteiger partial charge in [-0.05, 0) is 30.8 Å². The summed E-state index contributed by atoms with van der Waals surface area (Å²) in [6, 6.07) is 17.4. The van der Waals surface area contributed by atoms with Gasteiger partial charge in [-0.15, -0.1) is 0 Å². The van der Waals surface area contributed by atoms with Crippen LogP contribution in [0.1, 0.15) is 5.56 Å². The first kappa shape index (κ1) is 22.9. The third-order valence-electron chi connectivity index (χ3n) is 6.31. The van der Waals surface area contributed by atoms with E-state index in [2.05, 4.69) is 28.0 Å². The fraction of sp³-hybridized carbons (Fsp3) is 0.346. The predicted octanol–water partition coefficient (Wildman–Crippen LogP) is 1.57. The molecule has 0 spiro atoms. The predicted molar refractivity (Wildman–Crippen MR) is 133 cm³/mol. The van der Waals surface area contributed by atoms with Gasteiger partial charge in [0.05, 0.1) is 52.9 Å². The maximum atomic E-state index is 13.6. The molecular weight excluding hydrogens is 452 g/mol. The molecule has 1 atom stereocenters. The van der Waals surface area contributed by atoms with E-state index in [1.54, 1.807) is 6.07 Å². The summed E-state index contributed by atoms with van der Waals surface area (Å²) in [6.45, 7) is 4.68. The quantitative estimate of drug-likeness (QED) is 0.556. The molecule has 1 unspecified atom stereocenters. The van der Waals surface area contributed by atoms with E-state index in [0.29, 0.717) is 48.8 Å². The first-order valence-corrected chi connectivity index (χ1v) is 11.9. The molecule has 1 aromatic heterocycles. The second-order valence-corrected chi connectivity index (χ2v) is 9.19. The highest BCUT2D eigenvalue weighted by molar-refractivity contribution is 6.32. The Morgan fingerprint density at radius 1 is 1.12 bits per heavy atom. The number of fused-ring (bicyclic) bond motifs is 1. The third-order valence-corrected chi connectivity index (χ3v) is 6.63. The van der Waals surface area contributed by atoms with Gasteiger partial charge in [0.15, 0.2) is 0 Å². The van der Waals surface area contributed by atoms with Crippen LogP contribution in [0.5, 0.6) is 0 Å². The summed E-state index contributed by atoms with van der Waals surface area (Å²) in [4.78, 5) is 18.1. The first-order chi connectivity index (χ1) is 16.6. The van der Waals surface area contributed by atoms with Gasteiger partial charge in [-0.1, -0.05) is 54.1 Å². The van der Waals surface area contributed by atoms with E-state index in [0.717, 1.165) is 29.7 Å². The Bertz CT molecular complexity index is 1320. The molecule has 0 aliphatic carbocycles. The molecule has 3 aromatic rings. The van der Waals surface area contributed by atoms with Gasteiger partial charge in [-0.2, -0.15) is 0 Å². The zero-order chi connectivity index (χ0) is 23.5. The number of aromatic amines is 1. The van der Waals surface area contributed by atoms with Crippen LogP contribution < -0.4 is 16.1 Å². The number of nitrogens with zero attached hydrogens (tertiary/aromatic N) is 3. The van der Waals surface area contributed by atoms with E-state index in [9.17, 15) is 4.79 Å². The summed E-state index contributed by atoms with van der Waals surface area (Å²) in [6.07, 6.45) is 2.12. The molecule has 0 radical (unpaired) electrons. The molecule has 1 N–H and O–H groups in total. The van der Waals surface area contributed by atoms with Crippen molar-refractivity contribution in [3.05, 3.63) is 86.1 Å². The standard InChI is InChI=1S/C26H29ClN4O3/c1-29-13-14-34-20(15-29)16-30-12-11-22-25(24(30)18-33-17-19-7-3-2-4-8-19)26(32)31(28-22)23-10-6-5-9-21(23)27/h2-11,20,28H,12-18H2,1H3. The molecule has 2 aliphatic rings. The highest BCUT2D eigenvalue weighted by Crippen LogP contribution is 2.17. The van der Waals surface area contributed by atoms with Crippen LogP contribution in [0.4, 0.5) is 0 Å². The molecule has 2 aromatic carbocycles. The van der Waals surface area contributed by atoms with Crippen LogP contribution >= 0.6 is 11.6 Å². The number of nitrogens with one attached hydrogen (secondary N) is 1. The minimum atomic E-state index is -0.135. The third kappa shape index (κ3) is 4.83. The SMILES string of the molecule is CN1CCOC(CN2CC=c3[nH]n(-c4ccccc4Cl)c(=O)c3=C2COCc2ccccc2)C1. The lowest BCUT2D eigenvalue weighted by Crippen LogP contribution is -2.51. The number of aromatic nitrogens is 2. The minimum absolute atomic E-state index is 0.0718. The number of halogens is 1. The van der Waals surface area contributed by atoms with Crippen molar-refractivity contribution in [2.45, 2.75) is 12.7 Å². The Morgan fingerprint density at radius 3 is 2.71 bits per heavy atom. The van der Waals surface area contributed by atoms with E-state index >= 15 is 0 Å². The van der Waals surface area contributed by atoms with E-state index in [1.165, 1.54) is 4.68 Å². The molecular formula is C26H29ClN4O3. The lowest BCUT2D eigenvalue weighted by atomic mass is 10.1. The Balaban J connectivity index is 1.51.